The van der Waals surface area contributed by atoms with Gasteiger partial charge in [0.05, 0.1) is 0 Å². The maximum Gasteiger partial charge on any atom is 0.140 e. The standard InChI is InChI=1S/C12H12O/c1-4-12(13)11-8-6-5-7-10(11)9(2)3/h1,5-8,12-13H,2H2,3H3. The van der Waals surface area contributed by atoms with E-state index in [0.29, 0.717) is 0 Å². The van der Waals surface area contributed by atoms with E-state index in [-0.39, 0.29) is 0 Å². The first kappa shape index (κ1) is 9.57. The first-order valence-corrected chi connectivity index (χ1v) is 4.06. The van der Waals surface area contributed by atoms with Crippen molar-refractivity contribution in [2.24, 2.45) is 0 Å². The molecule has 13 heavy (non-hydrogen) atoms. The van der Waals surface area contributed by atoms with Gasteiger partial charge in [-0.3, -0.25) is 0 Å². The molecule has 0 bridgehead atoms. The van der Waals surface area contributed by atoms with Crippen molar-refractivity contribution in [1.29, 1.82) is 0 Å². The maximum atomic E-state index is 9.48. The van der Waals surface area contributed by atoms with Crippen LogP contribution in [0.15, 0.2) is 30.8 Å². The highest BCUT2D eigenvalue weighted by molar-refractivity contribution is 5.65. The Hall–Kier alpha value is -1.52. The number of hydrogen-bond donors (Lipinski definition) is 1. The van der Waals surface area contributed by atoms with Crippen LogP contribution in [0.3, 0.4) is 0 Å². The van der Waals surface area contributed by atoms with Gasteiger partial charge in [0, 0.05) is 5.56 Å². The molecular weight excluding hydrogens is 160 g/mol. The molecule has 0 spiro atoms. The third-order valence-corrected chi connectivity index (χ3v) is 1.87. The van der Waals surface area contributed by atoms with Crippen molar-refractivity contribution in [2.45, 2.75) is 13.0 Å². The largest absolute Gasteiger partial charge is 0.376 e. The summed E-state index contributed by atoms with van der Waals surface area (Å²) < 4.78 is 0. The molecule has 1 aromatic carbocycles. The fourth-order valence-electron chi connectivity index (χ4n) is 1.21. The van der Waals surface area contributed by atoms with Gasteiger partial charge in [-0.25, -0.2) is 0 Å². The normalized spacial score (nSPS) is 11.8. The van der Waals surface area contributed by atoms with Gasteiger partial charge in [0.15, 0.2) is 0 Å². The van der Waals surface area contributed by atoms with E-state index in [4.69, 9.17) is 6.42 Å². The Bertz CT molecular complexity index is 358. The van der Waals surface area contributed by atoms with E-state index in [9.17, 15) is 5.11 Å². The Balaban J connectivity index is 3.21. The minimum atomic E-state index is -0.840. The zero-order valence-electron chi connectivity index (χ0n) is 7.62. The monoisotopic (exact) mass is 172 g/mol. The molecule has 0 amide bonds. The Morgan fingerprint density at radius 1 is 1.54 bits per heavy atom. The first-order chi connectivity index (χ1) is 6.16. The van der Waals surface area contributed by atoms with Gasteiger partial charge in [0.2, 0.25) is 0 Å². The second kappa shape index (κ2) is 3.93. The van der Waals surface area contributed by atoms with E-state index in [1.165, 1.54) is 0 Å². The number of aliphatic hydroxyl groups excluding tert-OH is 1. The van der Waals surface area contributed by atoms with Crippen LogP contribution in [0.5, 0.6) is 0 Å². The molecule has 1 nitrogen and oxygen atoms in total. The molecule has 1 atom stereocenters. The summed E-state index contributed by atoms with van der Waals surface area (Å²) in [6.07, 6.45) is 4.30. The first-order valence-electron chi connectivity index (χ1n) is 4.06. The van der Waals surface area contributed by atoms with E-state index in [0.717, 1.165) is 16.7 Å². The number of allylic oxidation sites excluding steroid dienone is 1. The molecule has 0 radical (unpaired) electrons. The second-order valence-electron chi connectivity index (χ2n) is 2.94. The van der Waals surface area contributed by atoms with Crippen LogP contribution < -0.4 is 0 Å². The van der Waals surface area contributed by atoms with Crippen molar-refractivity contribution in [3.63, 3.8) is 0 Å². The molecule has 0 aliphatic heterocycles. The van der Waals surface area contributed by atoms with Crippen molar-refractivity contribution in [2.75, 3.05) is 0 Å². The van der Waals surface area contributed by atoms with E-state index >= 15 is 0 Å². The molecule has 0 fully saturated rings. The third-order valence-electron chi connectivity index (χ3n) is 1.87. The summed E-state index contributed by atoms with van der Waals surface area (Å²) >= 11 is 0. The molecule has 1 aromatic rings. The predicted molar refractivity (Wildman–Crippen MR) is 54.9 cm³/mol. The van der Waals surface area contributed by atoms with E-state index in [2.05, 4.69) is 12.5 Å². The average Bonchev–Trinajstić information content (AvgIpc) is 2.16. The molecule has 0 heterocycles. The van der Waals surface area contributed by atoms with Crippen LogP contribution in [-0.4, -0.2) is 5.11 Å². The lowest BCUT2D eigenvalue weighted by molar-refractivity contribution is 0.238. The minimum absolute atomic E-state index is 0.748. The van der Waals surface area contributed by atoms with Gasteiger partial charge in [-0.05, 0) is 12.5 Å². The number of benzene rings is 1. The fraction of sp³-hybridized carbons (Fsp3) is 0.167. The van der Waals surface area contributed by atoms with Crippen molar-refractivity contribution in [3.05, 3.63) is 42.0 Å². The van der Waals surface area contributed by atoms with Crippen LogP contribution in [0.2, 0.25) is 0 Å². The van der Waals surface area contributed by atoms with Gasteiger partial charge in [0.25, 0.3) is 0 Å². The lowest BCUT2D eigenvalue weighted by Crippen LogP contribution is -1.97. The summed E-state index contributed by atoms with van der Waals surface area (Å²) in [7, 11) is 0. The van der Waals surface area contributed by atoms with Crippen LogP contribution >= 0.6 is 0 Å². The summed E-state index contributed by atoms with van der Waals surface area (Å²) in [4.78, 5) is 0. The van der Waals surface area contributed by atoms with E-state index in [1.807, 2.05) is 31.2 Å². The highest BCUT2D eigenvalue weighted by Gasteiger charge is 2.08. The maximum absolute atomic E-state index is 9.48. The summed E-state index contributed by atoms with van der Waals surface area (Å²) in [6, 6.07) is 7.46. The molecule has 0 aromatic heterocycles. The molecule has 1 unspecified atom stereocenters. The smallest absolute Gasteiger partial charge is 0.140 e. The number of hydrogen-bond acceptors (Lipinski definition) is 1. The zero-order valence-corrected chi connectivity index (χ0v) is 7.62. The Kier molecular flexibility index (Phi) is 2.89. The number of aliphatic hydroxyl groups is 1. The Morgan fingerprint density at radius 2 is 2.15 bits per heavy atom. The van der Waals surface area contributed by atoms with Crippen molar-refractivity contribution >= 4 is 5.57 Å². The van der Waals surface area contributed by atoms with Crippen LogP contribution in [0, 0.1) is 12.3 Å². The van der Waals surface area contributed by atoms with Crippen molar-refractivity contribution in [3.8, 4) is 12.3 Å². The summed E-state index contributed by atoms with van der Waals surface area (Å²) in [5.74, 6) is 2.29. The molecule has 0 aliphatic rings. The molecule has 1 rings (SSSR count). The van der Waals surface area contributed by atoms with Gasteiger partial charge < -0.3 is 5.11 Å². The van der Waals surface area contributed by atoms with E-state index < -0.39 is 6.10 Å². The molecule has 0 saturated heterocycles. The Morgan fingerprint density at radius 3 is 2.69 bits per heavy atom. The summed E-state index contributed by atoms with van der Waals surface area (Å²) in [6.45, 7) is 5.71. The lowest BCUT2D eigenvalue weighted by Gasteiger charge is -2.10. The van der Waals surface area contributed by atoms with Gasteiger partial charge >= 0.3 is 0 Å². The number of rotatable bonds is 2. The SMILES string of the molecule is C#CC(O)c1ccccc1C(=C)C. The quantitative estimate of drug-likeness (QED) is 0.679. The minimum Gasteiger partial charge on any atom is -0.376 e. The predicted octanol–water partition coefficient (Wildman–Crippen LogP) is 2.39. The van der Waals surface area contributed by atoms with Crippen LogP contribution in [0.4, 0.5) is 0 Å². The van der Waals surface area contributed by atoms with Crippen LogP contribution in [-0.2, 0) is 0 Å². The molecule has 1 N–H and O–H groups in total. The van der Waals surface area contributed by atoms with Crippen molar-refractivity contribution < 1.29 is 5.11 Å². The molecule has 1 heteroatoms. The van der Waals surface area contributed by atoms with Gasteiger partial charge in [-0.1, -0.05) is 42.3 Å². The van der Waals surface area contributed by atoms with Gasteiger partial charge in [0.1, 0.15) is 6.10 Å². The molecule has 0 saturated carbocycles. The third kappa shape index (κ3) is 1.99. The average molecular weight is 172 g/mol. The lowest BCUT2D eigenvalue weighted by atomic mass is 9.98. The fourth-order valence-corrected chi connectivity index (χ4v) is 1.21. The van der Waals surface area contributed by atoms with Gasteiger partial charge in [-0.15, -0.1) is 6.42 Å². The molecule has 0 aliphatic carbocycles. The topological polar surface area (TPSA) is 20.2 Å². The molecule has 66 valence electrons. The highest BCUT2D eigenvalue weighted by Crippen LogP contribution is 2.22. The summed E-state index contributed by atoms with van der Waals surface area (Å²) in [5.41, 5.74) is 2.58. The van der Waals surface area contributed by atoms with Crippen LogP contribution in [0.25, 0.3) is 5.57 Å². The Labute approximate surface area is 78.7 Å². The van der Waals surface area contributed by atoms with E-state index in [1.54, 1.807) is 0 Å². The zero-order chi connectivity index (χ0) is 9.84. The van der Waals surface area contributed by atoms with Crippen molar-refractivity contribution in [1.82, 2.24) is 0 Å². The van der Waals surface area contributed by atoms with Crippen LogP contribution in [0.1, 0.15) is 24.2 Å². The highest BCUT2D eigenvalue weighted by atomic mass is 16.3. The van der Waals surface area contributed by atoms with Gasteiger partial charge in [-0.2, -0.15) is 0 Å². The number of terminal acetylenes is 1. The summed E-state index contributed by atoms with van der Waals surface area (Å²) in [5, 5.41) is 9.48. The molecular formula is C12H12O. The second-order valence-corrected chi connectivity index (χ2v) is 2.94.